The van der Waals surface area contributed by atoms with Crippen molar-refractivity contribution in [3.05, 3.63) is 101 Å². The molecule has 0 radical (unpaired) electrons. The molecule has 0 N–H and O–H groups in total. The Kier molecular flexibility index (Phi) is 8.70. The molecule has 0 aliphatic carbocycles. The minimum absolute atomic E-state index is 0.154. The van der Waals surface area contributed by atoms with Crippen molar-refractivity contribution in [1.82, 2.24) is 4.90 Å². The van der Waals surface area contributed by atoms with E-state index in [0.29, 0.717) is 25.3 Å². The molecule has 0 atom stereocenters. The molecule has 1 aliphatic heterocycles. The molecule has 0 saturated heterocycles. The third-order valence-corrected chi connectivity index (χ3v) is 7.26. The van der Waals surface area contributed by atoms with Gasteiger partial charge in [-0.05, 0) is 61.6 Å². The maximum Gasteiger partial charge on any atom is 0.410 e. The summed E-state index contributed by atoms with van der Waals surface area (Å²) >= 11 is 0. The Bertz CT molecular complexity index is 1180. The fourth-order valence-electron chi connectivity index (χ4n) is 3.86. The number of rotatable bonds is 9. The van der Waals surface area contributed by atoms with Crippen LogP contribution in [-0.4, -0.2) is 29.5 Å². The number of amides is 1. The van der Waals surface area contributed by atoms with Gasteiger partial charge in [0, 0.05) is 13.1 Å². The predicted octanol–water partition coefficient (Wildman–Crippen LogP) is 6.94. The number of ether oxygens (including phenoxy) is 2. The monoisotopic (exact) mass is 523 g/mol. The van der Waals surface area contributed by atoms with Crippen LogP contribution in [0.5, 0.6) is 5.75 Å². The largest absolute Gasteiger partial charge is 0.481 e. The standard InChI is InChI=1S/C29H34NO6P/c1-29(2,3)36-28(31)30-17-16-25-18-27(15-14-26(25)19-30)33-22-37(32,34-20-23-10-6-4-7-11-23)35-21-24-12-8-5-9-13-24/h4-15,18H,16-17,19-22H2,1-3H3. The average molecular weight is 524 g/mol. The van der Waals surface area contributed by atoms with E-state index in [2.05, 4.69) is 0 Å². The van der Waals surface area contributed by atoms with Crippen LogP contribution < -0.4 is 4.74 Å². The van der Waals surface area contributed by atoms with E-state index in [1.165, 1.54) is 0 Å². The highest BCUT2D eigenvalue weighted by Crippen LogP contribution is 2.50. The molecule has 0 fully saturated rings. The van der Waals surface area contributed by atoms with E-state index >= 15 is 0 Å². The highest BCUT2D eigenvalue weighted by Gasteiger charge is 2.28. The molecule has 8 heteroatoms. The second-order valence-corrected chi connectivity index (χ2v) is 12.0. The third-order valence-electron chi connectivity index (χ3n) is 5.77. The lowest BCUT2D eigenvalue weighted by molar-refractivity contribution is 0.0224. The normalized spacial score (nSPS) is 13.6. The number of hydrogen-bond acceptors (Lipinski definition) is 6. The summed E-state index contributed by atoms with van der Waals surface area (Å²) in [6.07, 6.45) is 0.152. The quantitative estimate of drug-likeness (QED) is 0.283. The van der Waals surface area contributed by atoms with Crippen molar-refractivity contribution < 1.29 is 27.9 Å². The Labute approximate surface area is 218 Å². The molecule has 1 amide bonds. The summed E-state index contributed by atoms with van der Waals surface area (Å²) in [5.41, 5.74) is 3.38. The molecular weight excluding hydrogens is 489 g/mol. The van der Waals surface area contributed by atoms with Gasteiger partial charge in [0.2, 0.25) is 0 Å². The summed E-state index contributed by atoms with van der Waals surface area (Å²) in [5, 5.41) is 0. The molecular formula is C29H34NO6P. The summed E-state index contributed by atoms with van der Waals surface area (Å²) in [5.74, 6) is 0.580. The second-order valence-electron chi connectivity index (χ2n) is 9.98. The molecule has 4 rings (SSSR count). The van der Waals surface area contributed by atoms with E-state index in [0.717, 1.165) is 22.3 Å². The van der Waals surface area contributed by atoms with Crippen LogP contribution in [-0.2, 0) is 44.5 Å². The van der Waals surface area contributed by atoms with Gasteiger partial charge in [0.1, 0.15) is 11.4 Å². The summed E-state index contributed by atoms with van der Waals surface area (Å²) < 4.78 is 36.7. The lowest BCUT2D eigenvalue weighted by Crippen LogP contribution is -2.39. The summed E-state index contributed by atoms with van der Waals surface area (Å²) in [6, 6.07) is 24.8. The van der Waals surface area contributed by atoms with Gasteiger partial charge >= 0.3 is 13.7 Å². The van der Waals surface area contributed by atoms with Crippen molar-refractivity contribution in [2.75, 3.05) is 12.9 Å². The molecule has 0 saturated carbocycles. The second kappa shape index (κ2) is 12.0. The lowest BCUT2D eigenvalue weighted by Gasteiger charge is -2.31. The number of fused-ring (bicyclic) bond motifs is 1. The Hall–Kier alpha value is -3.12. The van der Waals surface area contributed by atoms with Gasteiger partial charge in [-0.2, -0.15) is 0 Å². The molecule has 0 spiro atoms. The number of carbonyl (C=O) groups is 1. The van der Waals surface area contributed by atoms with Crippen LogP contribution in [0.25, 0.3) is 0 Å². The fourth-order valence-corrected chi connectivity index (χ4v) is 5.08. The number of hydrogen-bond donors (Lipinski definition) is 0. The van der Waals surface area contributed by atoms with Gasteiger partial charge in [0.15, 0.2) is 6.35 Å². The van der Waals surface area contributed by atoms with Crippen LogP contribution in [0.4, 0.5) is 4.79 Å². The zero-order valence-electron chi connectivity index (χ0n) is 21.6. The minimum Gasteiger partial charge on any atom is -0.481 e. The maximum absolute atomic E-state index is 13.6. The molecule has 1 aliphatic rings. The Balaban J connectivity index is 1.40. The molecule has 3 aromatic carbocycles. The van der Waals surface area contributed by atoms with Crippen molar-refractivity contribution in [3.8, 4) is 5.75 Å². The summed E-state index contributed by atoms with van der Waals surface area (Å²) in [4.78, 5) is 14.2. The van der Waals surface area contributed by atoms with Gasteiger partial charge in [-0.25, -0.2) is 4.79 Å². The number of benzene rings is 3. The van der Waals surface area contributed by atoms with Crippen LogP contribution in [0, 0.1) is 0 Å². The van der Waals surface area contributed by atoms with Crippen LogP contribution in [0.2, 0.25) is 0 Å². The molecule has 0 unspecified atom stereocenters. The summed E-state index contributed by atoms with van der Waals surface area (Å²) in [7, 11) is -3.58. The van der Waals surface area contributed by atoms with E-state index in [1.807, 2.05) is 99.6 Å². The van der Waals surface area contributed by atoms with Crippen molar-refractivity contribution in [2.45, 2.75) is 52.6 Å². The van der Waals surface area contributed by atoms with Gasteiger partial charge in [-0.15, -0.1) is 0 Å². The van der Waals surface area contributed by atoms with Gasteiger partial charge in [-0.3, -0.25) is 4.57 Å². The molecule has 7 nitrogen and oxygen atoms in total. The smallest absolute Gasteiger partial charge is 0.410 e. The molecule has 3 aromatic rings. The van der Waals surface area contributed by atoms with Crippen molar-refractivity contribution in [3.63, 3.8) is 0 Å². The van der Waals surface area contributed by atoms with Crippen LogP contribution in [0.3, 0.4) is 0 Å². The van der Waals surface area contributed by atoms with Crippen molar-refractivity contribution >= 4 is 13.7 Å². The van der Waals surface area contributed by atoms with Crippen LogP contribution in [0.1, 0.15) is 43.0 Å². The maximum atomic E-state index is 13.6. The first kappa shape index (κ1) is 26.9. The van der Waals surface area contributed by atoms with Crippen molar-refractivity contribution in [2.24, 2.45) is 0 Å². The van der Waals surface area contributed by atoms with E-state index < -0.39 is 13.2 Å². The van der Waals surface area contributed by atoms with Gasteiger partial charge in [-0.1, -0.05) is 66.7 Å². The van der Waals surface area contributed by atoms with Gasteiger partial charge in [0.05, 0.1) is 13.2 Å². The number of nitrogens with zero attached hydrogens (tertiary/aromatic N) is 1. The van der Waals surface area contributed by atoms with E-state index in [9.17, 15) is 9.36 Å². The molecule has 1 heterocycles. The third kappa shape index (κ3) is 8.19. The zero-order chi connectivity index (χ0) is 26.3. The first-order chi connectivity index (χ1) is 17.7. The first-order valence-corrected chi connectivity index (χ1v) is 14.1. The van der Waals surface area contributed by atoms with E-state index in [4.69, 9.17) is 18.5 Å². The van der Waals surface area contributed by atoms with E-state index in [1.54, 1.807) is 4.90 Å². The molecule has 196 valence electrons. The summed E-state index contributed by atoms with van der Waals surface area (Å²) in [6.45, 7) is 6.92. The van der Waals surface area contributed by atoms with Gasteiger partial charge < -0.3 is 23.4 Å². The van der Waals surface area contributed by atoms with Crippen LogP contribution in [0.15, 0.2) is 78.9 Å². The van der Waals surface area contributed by atoms with E-state index in [-0.39, 0.29) is 25.7 Å². The number of carbonyl (C=O) groups excluding carboxylic acids is 1. The molecule has 37 heavy (non-hydrogen) atoms. The van der Waals surface area contributed by atoms with Gasteiger partial charge in [0.25, 0.3) is 0 Å². The lowest BCUT2D eigenvalue weighted by atomic mass is 10.00. The van der Waals surface area contributed by atoms with Crippen LogP contribution >= 0.6 is 7.60 Å². The Morgan fingerprint density at radius 2 is 1.46 bits per heavy atom. The van der Waals surface area contributed by atoms with Crippen molar-refractivity contribution in [1.29, 1.82) is 0 Å². The minimum atomic E-state index is -3.58. The topological polar surface area (TPSA) is 74.3 Å². The SMILES string of the molecule is CC(C)(C)OC(=O)N1CCc2cc(OCP(=O)(OCc3ccccc3)OCc3ccccc3)ccc2C1. The highest BCUT2D eigenvalue weighted by molar-refractivity contribution is 7.53. The average Bonchev–Trinajstić information content (AvgIpc) is 2.89. The molecule has 0 bridgehead atoms. The fraction of sp³-hybridized carbons (Fsp3) is 0.345. The highest BCUT2D eigenvalue weighted by atomic mass is 31.2. The Morgan fingerprint density at radius 3 is 2.03 bits per heavy atom. The first-order valence-electron chi connectivity index (χ1n) is 12.4. The Morgan fingerprint density at radius 1 is 0.865 bits per heavy atom. The predicted molar refractivity (Wildman–Crippen MR) is 142 cm³/mol. The molecule has 0 aromatic heterocycles. The zero-order valence-corrected chi connectivity index (χ0v) is 22.5.